The summed E-state index contributed by atoms with van der Waals surface area (Å²) >= 11 is 0. The minimum absolute atomic E-state index is 0. The number of carbonyl (C=O) groups excluding carboxylic acids is 1. The zero-order valence-electron chi connectivity index (χ0n) is 12.7. The molecule has 0 unspecified atom stereocenters. The number of nitrogens with two attached hydrogens (primary N) is 1. The molecule has 1 atom stereocenters. The second-order valence-electron chi connectivity index (χ2n) is 5.44. The van der Waals surface area contributed by atoms with E-state index in [0.717, 1.165) is 13.0 Å². The van der Waals surface area contributed by atoms with Crippen molar-refractivity contribution in [3.8, 4) is 0 Å². The summed E-state index contributed by atoms with van der Waals surface area (Å²) < 4.78 is 24.9. The normalized spacial score (nSPS) is 21.7. The number of benzene rings is 1. The summed E-state index contributed by atoms with van der Waals surface area (Å²) in [5.74, 6) is -0.344. The maximum atomic E-state index is 14.4. The Morgan fingerprint density at radius 3 is 2.83 bits per heavy atom. The molecule has 2 aliphatic rings. The molecule has 1 amide bonds. The largest absolute Gasteiger partial charge is 0.443 e. The van der Waals surface area contributed by atoms with Gasteiger partial charge in [-0.25, -0.2) is 9.18 Å². The molecule has 2 saturated heterocycles. The first kappa shape index (κ1) is 17.8. The van der Waals surface area contributed by atoms with Crippen LogP contribution in [0.3, 0.4) is 0 Å². The lowest BCUT2D eigenvalue weighted by Crippen LogP contribution is -2.28. The molecule has 0 radical (unpaired) electrons. The fourth-order valence-corrected chi connectivity index (χ4v) is 2.76. The maximum absolute atomic E-state index is 14.4. The molecule has 1 aromatic carbocycles. The average Bonchev–Trinajstić information content (AvgIpc) is 2.73. The molecule has 0 spiro atoms. The molecule has 2 aliphatic heterocycles. The molecule has 2 heterocycles. The Kier molecular flexibility index (Phi) is 6.04. The zero-order chi connectivity index (χ0) is 15.5. The third-order valence-corrected chi connectivity index (χ3v) is 3.94. The molecule has 0 bridgehead atoms. The number of hydrogen-bond acceptors (Lipinski definition) is 5. The van der Waals surface area contributed by atoms with Crippen molar-refractivity contribution in [2.75, 3.05) is 49.2 Å². The second-order valence-corrected chi connectivity index (χ2v) is 5.44. The third-order valence-electron chi connectivity index (χ3n) is 3.94. The van der Waals surface area contributed by atoms with Crippen molar-refractivity contribution in [2.45, 2.75) is 12.5 Å². The number of nitrogens with zero attached hydrogens (tertiary/aromatic N) is 2. The Bertz CT molecular complexity index is 553. The standard InChI is InChI=1S/C15H20FN3O3.ClH/c16-13-8-11(19-10-12(9-17)22-15(19)20)2-3-14(13)18-4-1-6-21-7-5-18;/h2-3,8,12H,1,4-7,9-10,17H2;1H/t12-;/m0./s1. The van der Waals surface area contributed by atoms with Crippen LogP contribution in [0, 0.1) is 5.82 Å². The molecule has 2 fully saturated rings. The number of carbonyl (C=O) groups is 1. The second kappa shape index (κ2) is 7.81. The van der Waals surface area contributed by atoms with Crippen LogP contribution in [-0.2, 0) is 9.47 Å². The molecule has 1 aromatic rings. The van der Waals surface area contributed by atoms with Gasteiger partial charge < -0.3 is 20.1 Å². The Morgan fingerprint density at radius 2 is 2.13 bits per heavy atom. The quantitative estimate of drug-likeness (QED) is 0.904. The number of rotatable bonds is 3. The molecular weight excluding hydrogens is 325 g/mol. The highest BCUT2D eigenvalue weighted by atomic mass is 35.5. The Morgan fingerprint density at radius 1 is 1.30 bits per heavy atom. The van der Waals surface area contributed by atoms with Crippen LogP contribution >= 0.6 is 12.4 Å². The van der Waals surface area contributed by atoms with Gasteiger partial charge in [0.05, 0.1) is 24.5 Å². The van der Waals surface area contributed by atoms with E-state index in [1.165, 1.54) is 11.0 Å². The topological polar surface area (TPSA) is 68.0 Å². The first-order chi connectivity index (χ1) is 10.7. The Hall–Kier alpha value is -1.57. The molecule has 23 heavy (non-hydrogen) atoms. The van der Waals surface area contributed by atoms with Crippen molar-refractivity contribution in [2.24, 2.45) is 5.73 Å². The highest BCUT2D eigenvalue weighted by Gasteiger charge is 2.31. The molecule has 2 N–H and O–H groups in total. The van der Waals surface area contributed by atoms with E-state index in [4.69, 9.17) is 15.2 Å². The number of halogens is 2. The minimum Gasteiger partial charge on any atom is -0.443 e. The summed E-state index contributed by atoms with van der Waals surface area (Å²) in [6.07, 6.45) is 0.0569. The van der Waals surface area contributed by atoms with Gasteiger partial charge in [0.15, 0.2) is 0 Å². The highest BCUT2D eigenvalue weighted by Crippen LogP contribution is 2.28. The molecule has 0 aromatic heterocycles. The van der Waals surface area contributed by atoms with E-state index in [1.54, 1.807) is 12.1 Å². The van der Waals surface area contributed by atoms with Crippen LogP contribution in [0.4, 0.5) is 20.6 Å². The summed E-state index contributed by atoms with van der Waals surface area (Å²) in [6, 6.07) is 4.82. The van der Waals surface area contributed by atoms with Crippen LogP contribution in [0.25, 0.3) is 0 Å². The third kappa shape index (κ3) is 3.85. The molecule has 0 saturated carbocycles. The lowest BCUT2D eigenvalue weighted by Gasteiger charge is -2.23. The smallest absolute Gasteiger partial charge is 0.414 e. The fraction of sp³-hybridized carbons (Fsp3) is 0.533. The van der Waals surface area contributed by atoms with Crippen LogP contribution in [0.2, 0.25) is 0 Å². The van der Waals surface area contributed by atoms with E-state index in [9.17, 15) is 9.18 Å². The monoisotopic (exact) mass is 345 g/mol. The van der Waals surface area contributed by atoms with Gasteiger partial charge in [0.25, 0.3) is 0 Å². The van der Waals surface area contributed by atoms with Crippen LogP contribution < -0.4 is 15.5 Å². The van der Waals surface area contributed by atoms with Gasteiger partial charge in [0, 0.05) is 26.2 Å². The summed E-state index contributed by atoms with van der Waals surface area (Å²) in [6.45, 7) is 3.34. The minimum atomic E-state index is -0.481. The molecule has 8 heteroatoms. The molecule has 128 valence electrons. The van der Waals surface area contributed by atoms with Crippen molar-refractivity contribution in [3.05, 3.63) is 24.0 Å². The van der Waals surface area contributed by atoms with Crippen molar-refractivity contribution in [3.63, 3.8) is 0 Å². The van der Waals surface area contributed by atoms with E-state index >= 15 is 0 Å². The summed E-state index contributed by atoms with van der Waals surface area (Å²) in [5, 5.41) is 0. The van der Waals surface area contributed by atoms with Crippen molar-refractivity contribution >= 4 is 29.9 Å². The first-order valence-electron chi connectivity index (χ1n) is 7.49. The zero-order valence-corrected chi connectivity index (χ0v) is 13.6. The van der Waals surface area contributed by atoms with Gasteiger partial charge in [0.1, 0.15) is 11.9 Å². The van der Waals surface area contributed by atoms with E-state index in [-0.39, 0.29) is 30.9 Å². The predicted molar refractivity (Wildman–Crippen MR) is 88.0 cm³/mol. The lowest BCUT2D eigenvalue weighted by molar-refractivity contribution is 0.145. The van der Waals surface area contributed by atoms with Crippen LogP contribution in [-0.4, -0.2) is 51.6 Å². The van der Waals surface area contributed by atoms with Gasteiger partial charge in [-0.3, -0.25) is 4.90 Å². The lowest BCUT2D eigenvalue weighted by atomic mass is 10.2. The van der Waals surface area contributed by atoms with Gasteiger partial charge in [0.2, 0.25) is 0 Å². The first-order valence-corrected chi connectivity index (χ1v) is 7.49. The SMILES string of the molecule is Cl.NC[C@H]1CN(c2ccc(N3CCCOCC3)c(F)c2)C(=O)O1. The number of ether oxygens (including phenoxy) is 2. The van der Waals surface area contributed by atoms with Gasteiger partial charge in [-0.15, -0.1) is 12.4 Å². The molecule has 6 nitrogen and oxygen atoms in total. The van der Waals surface area contributed by atoms with Crippen LogP contribution in [0.1, 0.15) is 6.42 Å². The highest BCUT2D eigenvalue weighted by molar-refractivity contribution is 5.90. The van der Waals surface area contributed by atoms with E-state index in [0.29, 0.717) is 37.7 Å². The molecule has 3 rings (SSSR count). The van der Waals surface area contributed by atoms with Crippen LogP contribution in [0.5, 0.6) is 0 Å². The number of amides is 1. The molecular formula is C15H21ClFN3O3. The average molecular weight is 346 g/mol. The summed E-state index contributed by atoms with van der Waals surface area (Å²) in [7, 11) is 0. The van der Waals surface area contributed by atoms with Gasteiger partial charge in [-0.2, -0.15) is 0 Å². The van der Waals surface area contributed by atoms with E-state index < -0.39 is 6.09 Å². The predicted octanol–water partition coefficient (Wildman–Crippen LogP) is 1.76. The van der Waals surface area contributed by atoms with E-state index in [2.05, 4.69) is 0 Å². The van der Waals surface area contributed by atoms with Gasteiger partial charge >= 0.3 is 6.09 Å². The summed E-state index contributed by atoms with van der Waals surface area (Å²) in [4.78, 5) is 15.2. The Labute approximate surface area is 140 Å². The molecule has 0 aliphatic carbocycles. The van der Waals surface area contributed by atoms with Crippen LogP contribution in [0.15, 0.2) is 18.2 Å². The number of cyclic esters (lactones) is 1. The van der Waals surface area contributed by atoms with Crippen molar-refractivity contribution < 1.29 is 18.7 Å². The maximum Gasteiger partial charge on any atom is 0.414 e. The van der Waals surface area contributed by atoms with Crippen molar-refractivity contribution in [1.29, 1.82) is 0 Å². The number of hydrogen-bond donors (Lipinski definition) is 1. The van der Waals surface area contributed by atoms with Gasteiger partial charge in [-0.05, 0) is 24.6 Å². The Balaban J connectivity index is 0.00000192. The summed E-state index contributed by atoms with van der Waals surface area (Å²) in [5.41, 5.74) is 6.54. The number of anilines is 2. The van der Waals surface area contributed by atoms with E-state index in [1.807, 2.05) is 4.90 Å². The van der Waals surface area contributed by atoms with Crippen molar-refractivity contribution in [1.82, 2.24) is 0 Å². The van der Waals surface area contributed by atoms with Gasteiger partial charge in [-0.1, -0.05) is 0 Å². The fourth-order valence-electron chi connectivity index (χ4n) is 2.76.